The summed E-state index contributed by atoms with van der Waals surface area (Å²) in [5, 5.41) is 1.38. The van der Waals surface area contributed by atoms with Crippen LogP contribution in [0.4, 0.5) is 13.2 Å². The van der Waals surface area contributed by atoms with Gasteiger partial charge in [-0.05, 0) is 74.2 Å². The highest BCUT2D eigenvalue weighted by atomic mass is 19.1. The lowest BCUT2D eigenvalue weighted by molar-refractivity contribution is 0.338. The fraction of sp³-hybridized carbons (Fsp3) is 0.303. The summed E-state index contributed by atoms with van der Waals surface area (Å²) in [4.78, 5) is 29.3. The van der Waals surface area contributed by atoms with Gasteiger partial charge in [0.05, 0.1) is 34.6 Å². The number of fused-ring (bicyclic) bond motifs is 3. The molecule has 3 aromatic carbocycles. The quantitative estimate of drug-likeness (QED) is 0.210. The third-order valence-electron chi connectivity index (χ3n) is 9.04. The van der Waals surface area contributed by atoms with Gasteiger partial charge < -0.3 is 14.4 Å². The number of nitrogens with zero attached hydrogens (tertiary/aromatic N) is 2. The molecule has 0 bridgehead atoms. The monoisotopic (exact) mass is 568 g/mol. The van der Waals surface area contributed by atoms with E-state index in [1.807, 2.05) is 6.07 Å². The Morgan fingerprint density at radius 2 is 1.36 bits per heavy atom. The number of rotatable bonds is 4. The second kappa shape index (κ2) is 9.58. The fourth-order valence-electron chi connectivity index (χ4n) is 6.73. The first-order valence-corrected chi connectivity index (χ1v) is 14.4. The molecule has 212 valence electrons. The fourth-order valence-corrected chi connectivity index (χ4v) is 6.73. The van der Waals surface area contributed by atoms with Gasteiger partial charge in [0.25, 0.3) is 0 Å². The average molecular weight is 569 g/mol. The van der Waals surface area contributed by atoms with Crippen LogP contribution < -0.4 is 5.43 Å². The summed E-state index contributed by atoms with van der Waals surface area (Å²) in [5.74, 6) is 1.04. The van der Waals surface area contributed by atoms with Crippen molar-refractivity contribution >= 4 is 32.7 Å². The molecule has 6 aromatic rings. The van der Waals surface area contributed by atoms with E-state index in [0.717, 1.165) is 47.0 Å². The van der Waals surface area contributed by atoms with Gasteiger partial charge in [-0.1, -0.05) is 12.1 Å². The summed E-state index contributed by atoms with van der Waals surface area (Å²) >= 11 is 0. The topological polar surface area (TPSA) is 87.6 Å². The Balaban J connectivity index is 1.19. The number of halogens is 3. The summed E-state index contributed by atoms with van der Waals surface area (Å²) in [6, 6.07) is 12.1. The van der Waals surface area contributed by atoms with E-state index in [0.29, 0.717) is 41.8 Å². The van der Waals surface area contributed by atoms with Crippen LogP contribution >= 0.6 is 0 Å². The predicted octanol–water partition coefficient (Wildman–Crippen LogP) is 8.23. The highest BCUT2D eigenvalue weighted by molar-refractivity contribution is 6.01. The molecule has 2 N–H and O–H groups in total. The molecular formula is C33H27F3N4O2. The Kier molecular flexibility index (Phi) is 5.77. The third kappa shape index (κ3) is 4.13. The molecule has 8 rings (SSSR count). The maximum atomic E-state index is 15.7. The van der Waals surface area contributed by atoms with Crippen molar-refractivity contribution in [2.24, 2.45) is 0 Å². The molecule has 2 aliphatic carbocycles. The van der Waals surface area contributed by atoms with Crippen LogP contribution in [-0.2, 0) is 0 Å². The molecule has 4 atom stereocenters. The first-order chi connectivity index (χ1) is 20.4. The van der Waals surface area contributed by atoms with Crippen LogP contribution in [0.15, 0.2) is 64.1 Å². The highest BCUT2D eigenvalue weighted by Crippen LogP contribution is 2.37. The van der Waals surface area contributed by atoms with Crippen LogP contribution in [0.1, 0.15) is 62.0 Å². The predicted molar refractivity (Wildman–Crippen MR) is 156 cm³/mol. The Morgan fingerprint density at radius 1 is 0.738 bits per heavy atom. The molecule has 0 amide bonds. The summed E-state index contributed by atoms with van der Waals surface area (Å²) in [6.07, 6.45) is 5.36. The molecule has 6 nitrogen and oxygen atoms in total. The largest absolute Gasteiger partial charge is 0.453 e. The maximum absolute atomic E-state index is 15.7. The molecule has 3 aromatic heterocycles. The van der Waals surface area contributed by atoms with Crippen molar-refractivity contribution in [1.82, 2.24) is 19.9 Å². The van der Waals surface area contributed by atoms with Crippen LogP contribution in [0.5, 0.6) is 0 Å². The van der Waals surface area contributed by atoms with E-state index in [1.54, 1.807) is 48.8 Å². The zero-order valence-corrected chi connectivity index (χ0v) is 22.6. The van der Waals surface area contributed by atoms with Crippen molar-refractivity contribution in [2.75, 3.05) is 0 Å². The van der Waals surface area contributed by atoms with Crippen molar-refractivity contribution < 1.29 is 17.6 Å². The van der Waals surface area contributed by atoms with Crippen LogP contribution in [0.25, 0.3) is 55.2 Å². The van der Waals surface area contributed by atoms with E-state index in [4.69, 9.17) is 4.42 Å². The third-order valence-corrected chi connectivity index (χ3v) is 9.04. The van der Waals surface area contributed by atoms with Gasteiger partial charge in [-0.25, -0.2) is 23.1 Å². The lowest BCUT2D eigenvalue weighted by Crippen LogP contribution is -2.04. The van der Waals surface area contributed by atoms with Gasteiger partial charge in [-0.2, -0.15) is 0 Å². The second-order valence-electron chi connectivity index (χ2n) is 11.7. The smallest absolute Gasteiger partial charge is 0.200 e. The van der Waals surface area contributed by atoms with Crippen molar-refractivity contribution in [1.29, 1.82) is 0 Å². The van der Waals surface area contributed by atoms with Gasteiger partial charge in [0, 0.05) is 28.3 Å². The van der Waals surface area contributed by atoms with Crippen LogP contribution in [-0.4, -0.2) is 32.3 Å². The molecule has 0 radical (unpaired) electrons. The van der Waals surface area contributed by atoms with Crippen LogP contribution in [0.3, 0.4) is 0 Å². The summed E-state index contributed by atoms with van der Waals surface area (Å²) < 4.78 is 49.1. The van der Waals surface area contributed by atoms with Gasteiger partial charge in [0.15, 0.2) is 11.4 Å². The number of benzene rings is 3. The van der Waals surface area contributed by atoms with Gasteiger partial charge in [-0.3, -0.25) is 4.79 Å². The maximum Gasteiger partial charge on any atom is 0.200 e. The minimum Gasteiger partial charge on any atom is -0.453 e. The Hall–Kier alpha value is -4.40. The zero-order chi connectivity index (χ0) is 28.5. The van der Waals surface area contributed by atoms with Gasteiger partial charge >= 0.3 is 0 Å². The number of alkyl halides is 2. The first-order valence-electron chi connectivity index (χ1n) is 14.4. The second-order valence-corrected chi connectivity index (χ2v) is 11.7. The van der Waals surface area contributed by atoms with Gasteiger partial charge in [0.2, 0.25) is 5.43 Å². The number of imidazole rings is 2. The van der Waals surface area contributed by atoms with Gasteiger partial charge in [0.1, 0.15) is 29.6 Å². The molecule has 2 aliphatic rings. The van der Waals surface area contributed by atoms with Crippen LogP contribution in [0.2, 0.25) is 0 Å². The number of H-pyrrole nitrogens is 2. The molecule has 2 fully saturated rings. The molecule has 0 saturated heterocycles. The first kappa shape index (κ1) is 25.3. The average Bonchev–Trinajstić information content (AvgIpc) is 3.81. The zero-order valence-electron chi connectivity index (χ0n) is 22.6. The molecule has 9 heteroatoms. The van der Waals surface area contributed by atoms with E-state index < -0.39 is 18.2 Å². The molecular weight excluding hydrogens is 541 g/mol. The number of nitrogens with one attached hydrogen (secondary N) is 2. The molecule has 2 saturated carbocycles. The number of hydrogen-bond acceptors (Lipinski definition) is 4. The molecule has 0 spiro atoms. The lowest BCUT2D eigenvalue weighted by atomic mass is 10.0. The van der Waals surface area contributed by atoms with Crippen molar-refractivity contribution in [2.45, 2.75) is 62.7 Å². The van der Waals surface area contributed by atoms with E-state index in [-0.39, 0.29) is 33.8 Å². The number of aromatic amines is 2. The van der Waals surface area contributed by atoms with E-state index in [2.05, 4.69) is 19.9 Å². The molecule has 3 heterocycles. The Morgan fingerprint density at radius 3 is 1.98 bits per heavy atom. The normalized spacial score (nSPS) is 22.6. The van der Waals surface area contributed by atoms with Crippen molar-refractivity contribution in [3.63, 3.8) is 0 Å². The SMILES string of the molecule is O=c1c2cc(-c3cnc([C@H]4CC[C@H](F)C4)[nH]3)ccc2oc2c(F)c3ccc(-c4cnc([C@H]5CC[C@H](F)C5)[nH]4)cc3cc12. The summed E-state index contributed by atoms with van der Waals surface area (Å²) in [5.41, 5.74) is 2.87. The minimum absolute atomic E-state index is 0.0583. The van der Waals surface area contributed by atoms with Crippen molar-refractivity contribution in [3.8, 4) is 22.5 Å². The van der Waals surface area contributed by atoms with E-state index in [1.165, 1.54) is 0 Å². The Labute approximate surface area is 238 Å². The van der Waals surface area contributed by atoms with E-state index in [9.17, 15) is 13.6 Å². The lowest BCUT2D eigenvalue weighted by Gasteiger charge is -2.09. The van der Waals surface area contributed by atoms with Gasteiger partial charge in [-0.15, -0.1) is 0 Å². The standard InChI is InChI=1S/C33H27F3N4O2/c34-21-5-1-18(10-21)32-37-14-26(39-32)16-3-7-23-20(9-16)13-25-30(41)24-12-17(4-8-28(24)42-31(25)29(23)36)27-15-38-33(40-27)19-2-6-22(35)11-19/h3-4,7-9,12-15,18-19,21-22H,1-2,5-6,10-11H2,(H,37,39)(H,38,40)/t18-,19-,21-,22-/m0/s1. The number of aromatic nitrogens is 4. The van der Waals surface area contributed by atoms with Crippen molar-refractivity contribution in [3.05, 3.63) is 82.5 Å². The highest BCUT2D eigenvalue weighted by Gasteiger charge is 2.29. The molecule has 0 aliphatic heterocycles. The van der Waals surface area contributed by atoms with E-state index >= 15 is 4.39 Å². The summed E-state index contributed by atoms with van der Waals surface area (Å²) in [7, 11) is 0. The van der Waals surface area contributed by atoms with Crippen LogP contribution in [0, 0.1) is 5.82 Å². The molecule has 42 heavy (non-hydrogen) atoms. The minimum atomic E-state index is -0.797. The summed E-state index contributed by atoms with van der Waals surface area (Å²) in [6.45, 7) is 0. The molecule has 0 unspecified atom stereocenters. The Bertz CT molecular complexity index is 2060. The number of hydrogen-bond donors (Lipinski definition) is 2.